The third kappa shape index (κ3) is 2.70. The van der Waals surface area contributed by atoms with Gasteiger partial charge in [-0.05, 0) is 6.07 Å². The molecule has 0 radical (unpaired) electrons. The average molecular weight is 291 g/mol. The molecule has 7 heteroatoms. The quantitative estimate of drug-likeness (QED) is 0.855. The number of aromatic nitrogens is 3. The first kappa shape index (κ1) is 12.8. The van der Waals surface area contributed by atoms with Crippen molar-refractivity contribution < 1.29 is 9.53 Å². The first-order valence-electron chi connectivity index (χ1n) is 6.06. The molecule has 1 amide bonds. The summed E-state index contributed by atoms with van der Waals surface area (Å²) in [5, 5.41) is 0.561. The van der Waals surface area contributed by atoms with Crippen LogP contribution in [0.4, 0.5) is 0 Å². The van der Waals surface area contributed by atoms with Crippen LogP contribution in [-0.4, -0.2) is 45.0 Å². The van der Waals surface area contributed by atoms with Crippen molar-refractivity contribution in [2.75, 3.05) is 13.1 Å². The first-order chi connectivity index (χ1) is 9.72. The van der Waals surface area contributed by atoms with Crippen molar-refractivity contribution in [3.05, 3.63) is 47.6 Å². The van der Waals surface area contributed by atoms with Gasteiger partial charge in [0.2, 0.25) is 5.88 Å². The predicted octanol–water partition coefficient (Wildman–Crippen LogP) is 1.43. The van der Waals surface area contributed by atoms with E-state index in [1.807, 2.05) is 0 Å². The highest BCUT2D eigenvalue weighted by atomic mass is 35.5. The minimum absolute atomic E-state index is 0.0516. The molecule has 1 saturated heterocycles. The van der Waals surface area contributed by atoms with Gasteiger partial charge in [-0.2, -0.15) is 0 Å². The van der Waals surface area contributed by atoms with Gasteiger partial charge >= 0.3 is 0 Å². The van der Waals surface area contributed by atoms with E-state index in [-0.39, 0.29) is 12.0 Å². The normalized spacial score (nSPS) is 14.8. The number of likely N-dealkylation sites (tertiary alicyclic amines) is 1. The van der Waals surface area contributed by atoms with Crippen molar-refractivity contribution in [1.29, 1.82) is 0 Å². The maximum Gasteiger partial charge on any atom is 0.274 e. The van der Waals surface area contributed by atoms with Gasteiger partial charge < -0.3 is 9.64 Å². The van der Waals surface area contributed by atoms with Gasteiger partial charge in [0.1, 0.15) is 11.8 Å². The fourth-order valence-electron chi connectivity index (χ4n) is 1.85. The smallest absolute Gasteiger partial charge is 0.274 e. The van der Waals surface area contributed by atoms with E-state index in [4.69, 9.17) is 16.3 Å². The van der Waals surface area contributed by atoms with Crippen LogP contribution < -0.4 is 4.74 Å². The zero-order valence-electron chi connectivity index (χ0n) is 10.4. The summed E-state index contributed by atoms with van der Waals surface area (Å²) in [6.45, 7) is 1.03. The Balaban J connectivity index is 1.54. The van der Waals surface area contributed by atoms with Gasteiger partial charge in [-0.25, -0.2) is 9.97 Å². The largest absolute Gasteiger partial charge is 0.471 e. The van der Waals surface area contributed by atoms with E-state index < -0.39 is 0 Å². The lowest BCUT2D eigenvalue weighted by atomic mass is 10.1. The second-order valence-electron chi connectivity index (χ2n) is 4.36. The first-order valence-corrected chi connectivity index (χ1v) is 6.43. The molecule has 1 aliphatic heterocycles. The average Bonchev–Trinajstić information content (AvgIpc) is 2.45. The topological polar surface area (TPSA) is 68.2 Å². The summed E-state index contributed by atoms with van der Waals surface area (Å²) >= 11 is 5.74. The Hall–Kier alpha value is -2.21. The van der Waals surface area contributed by atoms with Crippen LogP contribution in [0.25, 0.3) is 0 Å². The van der Waals surface area contributed by atoms with E-state index >= 15 is 0 Å². The van der Waals surface area contributed by atoms with Crippen LogP contribution in [0.15, 0.2) is 36.9 Å². The molecule has 102 valence electrons. The van der Waals surface area contributed by atoms with Gasteiger partial charge in [0.25, 0.3) is 5.91 Å². The molecule has 3 heterocycles. The molecule has 0 N–H and O–H groups in total. The minimum Gasteiger partial charge on any atom is -0.471 e. The van der Waals surface area contributed by atoms with Crippen molar-refractivity contribution in [1.82, 2.24) is 19.9 Å². The van der Waals surface area contributed by atoms with Crippen molar-refractivity contribution in [3.8, 4) is 5.88 Å². The van der Waals surface area contributed by atoms with Crippen LogP contribution in [-0.2, 0) is 0 Å². The summed E-state index contributed by atoms with van der Waals surface area (Å²) in [5.74, 6) is 0.369. The highest BCUT2D eigenvalue weighted by Crippen LogP contribution is 2.18. The number of pyridine rings is 1. The van der Waals surface area contributed by atoms with Gasteiger partial charge in [0, 0.05) is 24.7 Å². The van der Waals surface area contributed by atoms with Crippen molar-refractivity contribution in [2.24, 2.45) is 0 Å². The van der Waals surface area contributed by atoms with E-state index in [1.165, 1.54) is 24.8 Å². The number of nitrogens with zero attached hydrogens (tertiary/aromatic N) is 4. The van der Waals surface area contributed by atoms with Crippen LogP contribution in [0.3, 0.4) is 0 Å². The van der Waals surface area contributed by atoms with Crippen molar-refractivity contribution in [2.45, 2.75) is 6.10 Å². The van der Waals surface area contributed by atoms with E-state index in [1.54, 1.807) is 17.0 Å². The third-order valence-electron chi connectivity index (χ3n) is 2.91. The molecule has 1 fully saturated rings. The molecule has 0 bridgehead atoms. The molecule has 1 aliphatic rings. The summed E-state index contributed by atoms with van der Waals surface area (Å²) in [4.78, 5) is 25.6. The van der Waals surface area contributed by atoms with Crippen LogP contribution >= 0.6 is 11.6 Å². The number of amides is 1. The predicted molar refractivity (Wildman–Crippen MR) is 71.6 cm³/mol. The Kier molecular flexibility index (Phi) is 3.47. The molecule has 2 aromatic heterocycles. The lowest BCUT2D eigenvalue weighted by Gasteiger charge is -2.38. The molecule has 3 rings (SSSR count). The van der Waals surface area contributed by atoms with E-state index in [9.17, 15) is 4.79 Å². The standard InChI is InChI=1S/C13H11ClN4O2/c14-9-1-2-12(17-5-9)20-10-7-18(8-10)13(19)11-6-15-3-4-16-11/h1-6,10H,7-8H2. The Bertz CT molecular complexity index is 600. The van der Waals surface area contributed by atoms with E-state index in [0.29, 0.717) is 29.7 Å². The summed E-state index contributed by atoms with van der Waals surface area (Å²) in [7, 11) is 0. The molecule has 0 aromatic carbocycles. The molecule has 0 saturated carbocycles. The molecule has 0 spiro atoms. The highest BCUT2D eigenvalue weighted by Gasteiger charge is 2.33. The van der Waals surface area contributed by atoms with Crippen LogP contribution in [0.2, 0.25) is 5.02 Å². The van der Waals surface area contributed by atoms with Crippen LogP contribution in [0.5, 0.6) is 5.88 Å². The highest BCUT2D eigenvalue weighted by molar-refractivity contribution is 6.30. The fraction of sp³-hybridized carbons (Fsp3) is 0.231. The SMILES string of the molecule is O=C(c1cnccn1)N1CC(Oc2ccc(Cl)cn2)C1. The molecule has 2 aromatic rings. The molecular formula is C13H11ClN4O2. The number of hydrogen-bond acceptors (Lipinski definition) is 5. The Morgan fingerprint density at radius 2 is 2.10 bits per heavy atom. The number of rotatable bonds is 3. The van der Waals surface area contributed by atoms with E-state index in [2.05, 4.69) is 15.0 Å². The lowest BCUT2D eigenvalue weighted by Crippen LogP contribution is -2.56. The second kappa shape index (κ2) is 5.42. The lowest BCUT2D eigenvalue weighted by molar-refractivity contribution is 0.0155. The summed E-state index contributed by atoms with van der Waals surface area (Å²) in [6.07, 6.45) is 5.96. The maximum atomic E-state index is 12.0. The fourth-order valence-corrected chi connectivity index (χ4v) is 1.96. The molecule has 0 aliphatic carbocycles. The van der Waals surface area contributed by atoms with Crippen LogP contribution in [0.1, 0.15) is 10.5 Å². The number of halogens is 1. The number of carbonyl (C=O) groups excluding carboxylic acids is 1. The monoisotopic (exact) mass is 290 g/mol. The van der Waals surface area contributed by atoms with Gasteiger partial charge in [0.05, 0.1) is 24.3 Å². The molecular weight excluding hydrogens is 280 g/mol. The van der Waals surface area contributed by atoms with Gasteiger partial charge in [-0.1, -0.05) is 11.6 Å². The Labute approximate surface area is 120 Å². The number of hydrogen-bond donors (Lipinski definition) is 0. The van der Waals surface area contributed by atoms with Crippen LogP contribution in [0, 0.1) is 0 Å². The number of ether oxygens (including phenoxy) is 1. The summed E-state index contributed by atoms with van der Waals surface area (Å²) in [5.41, 5.74) is 0.343. The maximum absolute atomic E-state index is 12.0. The van der Waals surface area contributed by atoms with Gasteiger partial charge in [-0.15, -0.1) is 0 Å². The molecule has 0 unspecified atom stereocenters. The summed E-state index contributed by atoms with van der Waals surface area (Å²) in [6, 6.07) is 3.42. The molecule has 0 atom stereocenters. The zero-order chi connectivity index (χ0) is 13.9. The Morgan fingerprint density at radius 1 is 1.25 bits per heavy atom. The number of carbonyl (C=O) groups is 1. The van der Waals surface area contributed by atoms with Crippen molar-refractivity contribution in [3.63, 3.8) is 0 Å². The van der Waals surface area contributed by atoms with Crippen molar-refractivity contribution >= 4 is 17.5 Å². The summed E-state index contributed by atoms with van der Waals surface area (Å²) < 4.78 is 5.62. The Morgan fingerprint density at radius 3 is 2.75 bits per heavy atom. The molecule has 6 nitrogen and oxygen atoms in total. The molecule has 20 heavy (non-hydrogen) atoms. The van der Waals surface area contributed by atoms with Gasteiger partial charge in [-0.3, -0.25) is 9.78 Å². The zero-order valence-corrected chi connectivity index (χ0v) is 11.2. The van der Waals surface area contributed by atoms with E-state index in [0.717, 1.165) is 0 Å². The van der Waals surface area contributed by atoms with Gasteiger partial charge in [0.15, 0.2) is 0 Å². The second-order valence-corrected chi connectivity index (χ2v) is 4.79. The minimum atomic E-state index is -0.137. The third-order valence-corrected chi connectivity index (χ3v) is 3.13.